The van der Waals surface area contributed by atoms with Crippen molar-refractivity contribution in [1.82, 2.24) is 0 Å². The number of ketones is 1. The molecule has 0 aromatic rings. The fraction of sp³-hybridized carbons (Fsp3) is 0.750. The molecule has 0 aliphatic rings. The van der Waals surface area contributed by atoms with Crippen LogP contribution in [0.3, 0.4) is 0 Å². The Morgan fingerprint density at radius 1 is 1.00 bits per heavy atom. The van der Waals surface area contributed by atoms with Crippen molar-refractivity contribution in [3.63, 3.8) is 0 Å². The number of carbonyl (C=O) groups is 2. The van der Waals surface area contributed by atoms with Crippen LogP contribution in [0.2, 0.25) is 0 Å². The molecule has 0 saturated carbocycles. The fourth-order valence-electron chi connectivity index (χ4n) is 0.380. The van der Waals surface area contributed by atoms with Gasteiger partial charge in [0.15, 0.2) is 5.78 Å². The van der Waals surface area contributed by atoms with Crippen molar-refractivity contribution in [3.8, 4) is 0 Å². The van der Waals surface area contributed by atoms with E-state index in [9.17, 15) is 9.59 Å². The van der Waals surface area contributed by atoms with Crippen molar-refractivity contribution < 1.29 is 23.8 Å². The van der Waals surface area contributed by atoms with Crippen molar-refractivity contribution in [3.05, 3.63) is 0 Å². The largest absolute Gasteiger partial charge is 0.467 e. The Hall–Kier alpha value is -0.940. The van der Waals surface area contributed by atoms with E-state index in [2.05, 4.69) is 14.2 Å². The Bertz CT molecular complexity index is 143. The summed E-state index contributed by atoms with van der Waals surface area (Å²) in [6.07, 6.45) is 0. The molecule has 13 heavy (non-hydrogen) atoms. The first-order valence-corrected chi connectivity index (χ1v) is 3.62. The zero-order chi connectivity index (χ0) is 10.7. The molecule has 78 valence electrons. The highest BCUT2D eigenvalue weighted by atomic mass is 16.6. The topological polar surface area (TPSA) is 61.8 Å². The zero-order valence-corrected chi connectivity index (χ0v) is 8.46. The fourth-order valence-corrected chi connectivity index (χ4v) is 0.380. The summed E-state index contributed by atoms with van der Waals surface area (Å²) in [6.45, 7) is 1.76. The first-order chi connectivity index (χ1) is 6.08. The Labute approximate surface area is 78.0 Å². The molecule has 0 rings (SSSR count). The molecule has 0 aliphatic carbocycles. The lowest BCUT2D eigenvalue weighted by Crippen LogP contribution is -2.07. The van der Waals surface area contributed by atoms with Gasteiger partial charge >= 0.3 is 5.97 Å². The van der Waals surface area contributed by atoms with Gasteiger partial charge in [0.1, 0.15) is 13.2 Å². The van der Waals surface area contributed by atoms with Gasteiger partial charge < -0.3 is 14.2 Å². The molecule has 0 aromatic carbocycles. The second kappa shape index (κ2) is 11.1. The first-order valence-electron chi connectivity index (χ1n) is 3.62. The van der Waals surface area contributed by atoms with Gasteiger partial charge in [0.25, 0.3) is 0 Å². The maximum atomic E-state index is 10.1. The second-order valence-electron chi connectivity index (χ2n) is 2.14. The molecule has 0 amide bonds. The smallest absolute Gasteiger partial charge is 0.331 e. The van der Waals surface area contributed by atoms with Crippen LogP contribution in [0.4, 0.5) is 0 Å². The summed E-state index contributed by atoms with van der Waals surface area (Å²) in [5.41, 5.74) is 0. The maximum Gasteiger partial charge on any atom is 0.331 e. The summed E-state index contributed by atoms with van der Waals surface area (Å²) in [5, 5.41) is 0. The summed E-state index contributed by atoms with van der Waals surface area (Å²) >= 11 is 0. The van der Waals surface area contributed by atoms with Crippen molar-refractivity contribution >= 4 is 11.8 Å². The maximum absolute atomic E-state index is 10.1. The third kappa shape index (κ3) is 18.2. The summed E-state index contributed by atoms with van der Waals surface area (Å²) in [4.78, 5) is 20.0. The molecule has 0 heterocycles. The molecule has 0 N–H and O–H groups in total. The summed E-state index contributed by atoms with van der Waals surface area (Å²) < 4.78 is 13.1. The van der Waals surface area contributed by atoms with Crippen LogP contribution in [0.5, 0.6) is 0 Å². The summed E-state index contributed by atoms with van der Waals surface area (Å²) in [7, 11) is 4.26. The van der Waals surface area contributed by atoms with E-state index >= 15 is 0 Å². The van der Waals surface area contributed by atoms with Gasteiger partial charge in [0.2, 0.25) is 0 Å². The van der Waals surface area contributed by atoms with E-state index in [1.54, 1.807) is 0 Å². The standard InChI is InChI=1S/C4H8O3.C4H8O2/c1-6-3-4(5)7-2;1-4(5)3-6-2/h3H2,1-2H3;3H2,1-2H3. The normalized spacial score (nSPS) is 8.31. The number of ether oxygens (including phenoxy) is 3. The van der Waals surface area contributed by atoms with Crippen LogP contribution >= 0.6 is 0 Å². The third-order valence-corrected chi connectivity index (χ3v) is 0.837. The van der Waals surface area contributed by atoms with E-state index in [0.717, 1.165) is 0 Å². The average molecular weight is 192 g/mol. The molecular formula is C8H16O5. The molecule has 5 heteroatoms. The minimum Gasteiger partial charge on any atom is -0.467 e. The van der Waals surface area contributed by atoms with Crippen LogP contribution in [0.1, 0.15) is 6.92 Å². The van der Waals surface area contributed by atoms with Gasteiger partial charge in [-0.05, 0) is 6.92 Å². The van der Waals surface area contributed by atoms with Gasteiger partial charge in [0.05, 0.1) is 7.11 Å². The number of esters is 1. The summed E-state index contributed by atoms with van der Waals surface area (Å²) in [5.74, 6) is -0.278. The van der Waals surface area contributed by atoms with Crippen molar-refractivity contribution in [2.24, 2.45) is 0 Å². The number of methoxy groups -OCH3 is 3. The number of hydrogen-bond donors (Lipinski definition) is 0. The quantitative estimate of drug-likeness (QED) is 0.588. The van der Waals surface area contributed by atoms with E-state index in [1.807, 2.05) is 0 Å². The monoisotopic (exact) mass is 192 g/mol. The molecule has 0 bridgehead atoms. The van der Waals surface area contributed by atoms with Crippen molar-refractivity contribution in [2.75, 3.05) is 34.5 Å². The lowest BCUT2D eigenvalue weighted by atomic mass is 10.5. The van der Waals surface area contributed by atoms with E-state index in [1.165, 1.54) is 28.3 Å². The van der Waals surface area contributed by atoms with E-state index < -0.39 is 0 Å². The third-order valence-electron chi connectivity index (χ3n) is 0.837. The van der Waals surface area contributed by atoms with Gasteiger partial charge in [-0.1, -0.05) is 0 Å². The predicted molar refractivity (Wildman–Crippen MR) is 46.4 cm³/mol. The van der Waals surface area contributed by atoms with Gasteiger partial charge in [-0.25, -0.2) is 4.79 Å². The Morgan fingerprint density at radius 2 is 1.46 bits per heavy atom. The zero-order valence-electron chi connectivity index (χ0n) is 8.46. The number of carbonyl (C=O) groups excluding carboxylic acids is 2. The summed E-state index contributed by atoms with van der Waals surface area (Å²) in [6, 6.07) is 0. The van der Waals surface area contributed by atoms with Crippen LogP contribution in [-0.2, 0) is 23.8 Å². The Balaban J connectivity index is 0. The highest BCUT2D eigenvalue weighted by molar-refractivity contribution is 5.76. The highest BCUT2D eigenvalue weighted by Crippen LogP contribution is 1.71. The minimum atomic E-state index is -0.345. The van der Waals surface area contributed by atoms with Crippen molar-refractivity contribution in [2.45, 2.75) is 6.92 Å². The van der Waals surface area contributed by atoms with E-state index in [-0.39, 0.29) is 25.0 Å². The molecule has 0 aliphatic heterocycles. The van der Waals surface area contributed by atoms with Crippen LogP contribution in [0.15, 0.2) is 0 Å². The number of rotatable bonds is 4. The average Bonchev–Trinajstić information content (AvgIpc) is 2.05. The van der Waals surface area contributed by atoms with Gasteiger partial charge in [0, 0.05) is 14.2 Å². The molecule has 0 fully saturated rings. The molecule has 0 radical (unpaired) electrons. The minimum absolute atomic E-state index is 0.0382. The molecule has 0 spiro atoms. The van der Waals surface area contributed by atoms with Crippen LogP contribution in [0, 0.1) is 0 Å². The molecule has 0 aromatic heterocycles. The molecule has 0 atom stereocenters. The second-order valence-corrected chi connectivity index (χ2v) is 2.14. The van der Waals surface area contributed by atoms with Crippen LogP contribution < -0.4 is 0 Å². The first kappa shape index (κ1) is 14.6. The SMILES string of the molecule is COCC(=O)OC.COCC(C)=O. The molecule has 0 saturated heterocycles. The predicted octanol–water partition coefficient (Wildman–Crippen LogP) is 0.0276. The molecule has 0 unspecified atom stereocenters. The van der Waals surface area contributed by atoms with Gasteiger partial charge in [-0.3, -0.25) is 4.79 Å². The van der Waals surface area contributed by atoms with Gasteiger partial charge in [-0.2, -0.15) is 0 Å². The van der Waals surface area contributed by atoms with Crippen LogP contribution in [0.25, 0.3) is 0 Å². The lowest BCUT2D eigenvalue weighted by molar-refractivity contribution is -0.144. The lowest BCUT2D eigenvalue weighted by Gasteiger charge is -1.92. The highest BCUT2D eigenvalue weighted by Gasteiger charge is 1.93. The molecule has 5 nitrogen and oxygen atoms in total. The molecular weight excluding hydrogens is 176 g/mol. The van der Waals surface area contributed by atoms with E-state index in [0.29, 0.717) is 0 Å². The van der Waals surface area contributed by atoms with Crippen molar-refractivity contribution in [1.29, 1.82) is 0 Å². The number of hydrogen-bond acceptors (Lipinski definition) is 5. The Kier molecular flexibility index (Phi) is 12.4. The number of Topliss-reactive ketones (excluding diaryl/α,β-unsaturated/α-hetero) is 1. The van der Waals surface area contributed by atoms with Gasteiger partial charge in [-0.15, -0.1) is 0 Å². The van der Waals surface area contributed by atoms with E-state index in [4.69, 9.17) is 0 Å². The van der Waals surface area contributed by atoms with Crippen LogP contribution in [-0.4, -0.2) is 46.3 Å². The Morgan fingerprint density at radius 3 is 1.54 bits per heavy atom.